The summed E-state index contributed by atoms with van der Waals surface area (Å²) >= 11 is 0. The van der Waals surface area contributed by atoms with Gasteiger partial charge in [-0.25, -0.2) is 15.0 Å². The fourth-order valence-electron chi connectivity index (χ4n) is 7.94. The minimum Gasteiger partial charge on any atom is -0.456 e. The van der Waals surface area contributed by atoms with E-state index in [2.05, 4.69) is 144 Å². The molecule has 0 amide bonds. The molecule has 11 aromatic rings. The molecule has 0 aliphatic carbocycles. The molecule has 0 saturated heterocycles. The Morgan fingerprint density at radius 2 is 0.839 bits per heavy atom. The van der Waals surface area contributed by atoms with E-state index in [0.717, 1.165) is 55.3 Å². The van der Waals surface area contributed by atoms with Crippen LogP contribution in [0.15, 0.2) is 199 Å². The smallest absolute Gasteiger partial charge is 0.164 e. The highest BCUT2D eigenvalue weighted by Gasteiger charge is 2.17. The van der Waals surface area contributed by atoms with Crippen LogP contribution in [-0.4, -0.2) is 19.5 Å². The Kier molecular flexibility index (Phi) is 7.42. The molecular formula is C51H32N4O. The van der Waals surface area contributed by atoms with Gasteiger partial charge in [0.15, 0.2) is 17.5 Å². The normalized spacial score (nSPS) is 11.6. The number of hydrogen-bond donors (Lipinski definition) is 0. The van der Waals surface area contributed by atoms with Crippen molar-refractivity contribution >= 4 is 43.7 Å². The molecule has 0 aliphatic heterocycles. The highest BCUT2D eigenvalue weighted by Crippen LogP contribution is 2.37. The van der Waals surface area contributed by atoms with Crippen LogP contribution in [0.4, 0.5) is 0 Å². The Morgan fingerprint density at radius 1 is 0.304 bits per heavy atom. The standard InChI is InChI=1S/C51H32N4O/c1-3-13-33(14-4-1)35-17-11-18-36(29-35)37-26-28-46-44(31-37)41-21-7-9-23-45(41)55(46)40-20-12-19-38(30-40)50-52-49(34-15-5-2-6-16-34)53-51(54-50)39-25-27-43-42-22-8-10-24-47(42)56-48(43)32-39/h1-32H. The molecule has 262 valence electrons. The van der Waals surface area contributed by atoms with E-state index in [9.17, 15) is 0 Å². The molecule has 5 heteroatoms. The second kappa shape index (κ2) is 13.0. The van der Waals surface area contributed by atoms with E-state index in [-0.39, 0.29) is 0 Å². The van der Waals surface area contributed by atoms with Crippen molar-refractivity contribution in [3.8, 4) is 62.1 Å². The van der Waals surface area contributed by atoms with Gasteiger partial charge in [0.1, 0.15) is 11.2 Å². The number of hydrogen-bond acceptors (Lipinski definition) is 4. The summed E-state index contributed by atoms with van der Waals surface area (Å²) in [7, 11) is 0. The minimum atomic E-state index is 0.585. The van der Waals surface area contributed by atoms with Crippen LogP contribution < -0.4 is 0 Å². The number of aromatic nitrogens is 4. The summed E-state index contributed by atoms with van der Waals surface area (Å²) in [5, 5.41) is 4.55. The third-order valence-corrected chi connectivity index (χ3v) is 10.6. The summed E-state index contributed by atoms with van der Waals surface area (Å²) < 4.78 is 8.60. The molecule has 0 saturated carbocycles. The van der Waals surface area contributed by atoms with Crippen molar-refractivity contribution in [1.29, 1.82) is 0 Å². The van der Waals surface area contributed by atoms with E-state index >= 15 is 0 Å². The van der Waals surface area contributed by atoms with E-state index in [1.54, 1.807) is 0 Å². The molecule has 3 heterocycles. The van der Waals surface area contributed by atoms with Crippen LogP contribution in [-0.2, 0) is 0 Å². The zero-order valence-corrected chi connectivity index (χ0v) is 30.2. The Bertz CT molecular complexity index is 3250. The molecule has 5 nitrogen and oxygen atoms in total. The quantitative estimate of drug-likeness (QED) is 0.172. The van der Waals surface area contributed by atoms with E-state index in [4.69, 9.17) is 19.4 Å². The molecule has 0 aliphatic rings. The monoisotopic (exact) mass is 716 g/mol. The molecule has 0 unspecified atom stereocenters. The van der Waals surface area contributed by atoms with Gasteiger partial charge in [-0.15, -0.1) is 0 Å². The van der Waals surface area contributed by atoms with Gasteiger partial charge in [0.2, 0.25) is 0 Å². The molecule has 0 fully saturated rings. The fourth-order valence-corrected chi connectivity index (χ4v) is 7.94. The summed E-state index contributed by atoms with van der Waals surface area (Å²) in [6.45, 7) is 0. The third kappa shape index (κ3) is 5.45. The maximum Gasteiger partial charge on any atom is 0.164 e. The van der Waals surface area contributed by atoms with Crippen LogP contribution in [0.3, 0.4) is 0 Å². The highest BCUT2D eigenvalue weighted by molar-refractivity contribution is 6.10. The van der Waals surface area contributed by atoms with Gasteiger partial charge in [-0.05, 0) is 76.9 Å². The van der Waals surface area contributed by atoms with Crippen molar-refractivity contribution in [2.45, 2.75) is 0 Å². The van der Waals surface area contributed by atoms with Crippen LogP contribution in [0.2, 0.25) is 0 Å². The van der Waals surface area contributed by atoms with Gasteiger partial charge in [0.05, 0.1) is 11.0 Å². The fraction of sp³-hybridized carbons (Fsp3) is 0. The Labute approximate surface area is 322 Å². The second-order valence-corrected chi connectivity index (χ2v) is 14.1. The van der Waals surface area contributed by atoms with Crippen LogP contribution in [0.5, 0.6) is 0 Å². The van der Waals surface area contributed by atoms with Crippen molar-refractivity contribution in [2.75, 3.05) is 0 Å². The van der Waals surface area contributed by atoms with Crippen LogP contribution >= 0.6 is 0 Å². The van der Waals surface area contributed by atoms with Gasteiger partial charge in [0.25, 0.3) is 0 Å². The van der Waals surface area contributed by atoms with E-state index in [0.29, 0.717) is 17.5 Å². The first-order valence-corrected chi connectivity index (χ1v) is 18.8. The van der Waals surface area contributed by atoms with Crippen molar-refractivity contribution in [1.82, 2.24) is 19.5 Å². The number of nitrogens with zero attached hydrogens (tertiary/aromatic N) is 4. The molecular weight excluding hydrogens is 685 g/mol. The number of furan rings is 1. The lowest BCUT2D eigenvalue weighted by Crippen LogP contribution is -2.01. The third-order valence-electron chi connectivity index (χ3n) is 10.6. The van der Waals surface area contributed by atoms with Gasteiger partial charge in [-0.1, -0.05) is 140 Å². The van der Waals surface area contributed by atoms with Gasteiger partial charge in [-0.2, -0.15) is 0 Å². The van der Waals surface area contributed by atoms with Crippen molar-refractivity contribution in [3.63, 3.8) is 0 Å². The number of benzene rings is 8. The molecule has 11 rings (SSSR count). The average molecular weight is 717 g/mol. The molecule has 8 aromatic carbocycles. The number of fused-ring (bicyclic) bond motifs is 6. The molecule has 0 spiro atoms. The van der Waals surface area contributed by atoms with Gasteiger partial charge < -0.3 is 8.98 Å². The van der Waals surface area contributed by atoms with Crippen LogP contribution in [0.25, 0.3) is 106 Å². The molecule has 0 N–H and O–H groups in total. The number of rotatable bonds is 6. The van der Waals surface area contributed by atoms with E-state index in [1.165, 1.54) is 33.0 Å². The van der Waals surface area contributed by atoms with Crippen molar-refractivity contribution in [3.05, 3.63) is 194 Å². The summed E-state index contributed by atoms with van der Waals surface area (Å²) in [4.78, 5) is 15.2. The molecule has 0 atom stereocenters. The minimum absolute atomic E-state index is 0.585. The predicted molar refractivity (Wildman–Crippen MR) is 229 cm³/mol. The lowest BCUT2D eigenvalue weighted by atomic mass is 9.98. The molecule has 56 heavy (non-hydrogen) atoms. The summed E-state index contributed by atoms with van der Waals surface area (Å²) in [5.74, 6) is 1.80. The SMILES string of the molecule is c1ccc(-c2cccc(-c3ccc4c(c3)c3ccccc3n4-c3cccc(-c4nc(-c5ccccc5)nc(-c5ccc6c(c5)oc5ccccc56)n4)c3)c2)cc1. The van der Waals surface area contributed by atoms with Crippen LogP contribution in [0, 0.1) is 0 Å². The lowest BCUT2D eigenvalue weighted by Gasteiger charge is -2.12. The lowest BCUT2D eigenvalue weighted by molar-refractivity contribution is 0.669. The van der Waals surface area contributed by atoms with Crippen molar-refractivity contribution < 1.29 is 4.42 Å². The maximum atomic E-state index is 6.25. The Hall–Kier alpha value is -7.63. The predicted octanol–water partition coefficient (Wildman–Crippen LogP) is 13.2. The molecule has 0 radical (unpaired) electrons. The van der Waals surface area contributed by atoms with Gasteiger partial charge >= 0.3 is 0 Å². The number of para-hydroxylation sites is 2. The first kappa shape index (κ1) is 31.9. The first-order valence-electron chi connectivity index (χ1n) is 18.8. The maximum absolute atomic E-state index is 6.25. The summed E-state index contributed by atoms with van der Waals surface area (Å²) in [5.41, 5.74) is 12.4. The summed E-state index contributed by atoms with van der Waals surface area (Å²) in [6.07, 6.45) is 0. The Balaban J connectivity index is 1.04. The summed E-state index contributed by atoms with van der Waals surface area (Å²) in [6, 6.07) is 67.6. The average Bonchev–Trinajstić information content (AvgIpc) is 3.82. The zero-order chi connectivity index (χ0) is 37.0. The van der Waals surface area contributed by atoms with Gasteiger partial charge in [0, 0.05) is 43.9 Å². The second-order valence-electron chi connectivity index (χ2n) is 14.1. The Morgan fingerprint density at radius 3 is 1.64 bits per heavy atom. The molecule has 0 bridgehead atoms. The topological polar surface area (TPSA) is 56.7 Å². The highest BCUT2D eigenvalue weighted by atomic mass is 16.3. The molecule has 3 aromatic heterocycles. The largest absolute Gasteiger partial charge is 0.456 e. The van der Waals surface area contributed by atoms with Gasteiger partial charge in [-0.3, -0.25) is 0 Å². The van der Waals surface area contributed by atoms with Crippen molar-refractivity contribution in [2.24, 2.45) is 0 Å². The van der Waals surface area contributed by atoms with E-state index < -0.39 is 0 Å². The van der Waals surface area contributed by atoms with Crippen LogP contribution in [0.1, 0.15) is 0 Å². The first-order chi connectivity index (χ1) is 27.7. The van der Waals surface area contributed by atoms with E-state index in [1.807, 2.05) is 54.6 Å². The zero-order valence-electron chi connectivity index (χ0n) is 30.2.